The van der Waals surface area contributed by atoms with Crippen molar-refractivity contribution in [2.45, 2.75) is 32.6 Å². The molecule has 1 heterocycles. The summed E-state index contributed by atoms with van der Waals surface area (Å²) in [5, 5.41) is 8.43. The summed E-state index contributed by atoms with van der Waals surface area (Å²) in [5.74, 6) is 0.566. The van der Waals surface area contributed by atoms with Gasteiger partial charge in [0, 0.05) is 12.5 Å². The monoisotopic (exact) mass is 208 g/mol. The first-order chi connectivity index (χ1) is 7.22. The van der Waals surface area contributed by atoms with Gasteiger partial charge in [-0.05, 0) is 24.6 Å². The van der Waals surface area contributed by atoms with Crippen molar-refractivity contribution in [3.63, 3.8) is 0 Å². The van der Waals surface area contributed by atoms with Crippen LogP contribution in [0.15, 0.2) is 22.6 Å². The Morgan fingerprint density at radius 2 is 2.27 bits per heavy atom. The van der Waals surface area contributed by atoms with Crippen LogP contribution in [-0.2, 0) is 11.2 Å². The summed E-state index contributed by atoms with van der Waals surface area (Å²) in [6.45, 7) is 2.16. The van der Waals surface area contributed by atoms with E-state index in [1.165, 1.54) is 18.9 Å². The van der Waals surface area contributed by atoms with Crippen LogP contribution in [0, 0.1) is 0 Å². The molecule has 0 aliphatic rings. The van der Waals surface area contributed by atoms with Crippen molar-refractivity contribution in [3.05, 3.63) is 29.7 Å². The third-order valence-corrected chi connectivity index (χ3v) is 2.10. The van der Waals surface area contributed by atoms with E-state index in [2.05, 4.69) is 6.92 Å². The average Bonchev–Trinajstić information content (AvgIpc) is 2.63. The van der Waals surface area contributed by atoms with Gasteiger partial charge >= 0.3 is 5.97 Å². The molecule has 82 valence electrons. The number of hydrogen-bond acceptors (Lipinski definition) is 2. The van der Waals surface area contributed by atoms with Gasteiger partial charge in [0.25, 0.3) is 0 Å². The number of unbranched alkanes of at least 4 members (excludes halogenated alkanes) is 2. The summed E-state index contributed by atoms with van der Waals surface area (Å²) in [6, 6.07) is 3.69. The fraction of sp³-hybridized carbons (Fsp3) is 0.417. The second-order valence-corrected chi connectivity index (χ2v) is 3.43. The van der Waals surface area contributed by atoms with Gasteiger partial charge < -0.3 is 9.52 Å². The van der Waals surface area contributed by atoms with E-state index >= 15 is 0 Å². The van der Waals surface area contributed by atoms with Gasteiger partial charge in [-0.15, -0.1) is 0 Å². The minimum absolute atomic E-state index is 0.601. The number of hydrogen-bond donors (Lipinski definition) is 1. The first kappa shape index (κ1) is 11.6. The molecule has 0 fully saturated rings. The molecule has 0 spiro atoms. The van der Waals surface area contributed by atoms with Crippen molar-refractivity contribution >= 4 is 12.0 Å². The molecule has 3 heteroatoms. The topological polar surface area (TPSA) is 50.4 Å². The fourth-order valence-electron chi connectivity index (χ4n) is 1.32. The molecule has 0 saturated heterocycles. The molecule has 0 unspecified atom stereocenters. The average molecular weight is 208 g/mol. The van der Waals surface area contributed by atoms with Crippen LogP contribution < -0.4 is 0 Å². The zero-order chi connectivity index (χ0) is 11.1. The second-order valence-electron chi connectivity index (χ2n) is 3.43. The smallest absolute Gasteiger partial charge is 0.328 e. The number of aryl methyl sites for hydroxylation is 1. The Morgan fingerprint density at radius 3 is 2.93 bits per heavy atom. The molecule has 1 aromatic heterocycles. The van der Waals surface area contributed by atoms with Gasteiger partial charge in [0.1, 0.15) is 11.5 Å². The Hall–Kier alpha value is -1.51. The van der Waals surface area contributed by atoms with Gasteiger partial charge in [-0.1, -0.05) is 19.8 Å². The number of carboxylic acid groups (broad SMARTS) is 1. The third kappa shape index (κ3) is 4.49. The highest BCUT2D eigenvalue weighted by molar-refractivity contribution is 5.84. The van der Waals surface area contributed by atoms with Crippen LogP contribution in [-0.4, -0.2) is 11.1 Å². The zero-order valence-electron chi connectivity index (χ0n) is 8.90. The Balaban J connectivity index is 2.45. The molecule has 0 bridgehead atoms. The van der Waals surface area contributed by atoms with Crippen molar-refractivity contribution in [1.29, 1.82) is 0 Å². The number of aliphatic carboxylic acids is 1. The molecular formula is C12H16O3. The lowest BCUT2D eigenvalue weighted by molar-refractivity contribution is -0.131. The van der Waals surface area contributed by atoms with Crippen LogP contribution in [0.4, 0.5) is 0 Å². The lowest BCUT2D eigenvalue weighted by atomic mass is 10.2. The molecule has 1 rings (SSSR count). The highest BCUT2D eigenvalue weighted by Crippen LogP contribution is 2.12. The lowest BCUT2D eigenvalue weighted by Crippen LogP contribution is -1.84. The van der Waals surface area contributed by atoms with E-state index in [1.807, 2.05) is 6.07 Å². The normalized spacial score (nSPS) is 11.0. The van der Waals surface area contributed by atoms with Crippen molar-refractivity contribution in [2.75, 3.05) is 0 Å². The zero-order valence-corrected chi connectivity index (χ0v) is 8.90. The molecule has 3 nitrogen and oxygen atoms in total. The summed E-state index contributed by atoms with van der Waals surface area (Å²) in [4.78, 5) is 10.3. The van der Waals surface area contributed by atoms with E-state index in [9.17, 15) is 4.79 Å². The van der Waals surface area contributed by atoms with Gasteiger partial charge in [-0.25, -0.2) is 4.79 Å². The molecule has 0 aliphatic carbocycles. The van der Waals surface area contributed by atoms with Crippen LogP contribution in [0.5, 0.6) is 0 Å². The van der Waals surface area contributed by atoms with Crippen molar-refractivity contribution in [1.82, 2.24) is 0 Å². The van der Waals surface area contributed by atoms with Gasteiger partial charge in [-0.3, -0.25) is 0 Å². The molecule has 15 heavy (non-hydrogen) atoms. The second kappa shape index (κ2) is 6.06. The maximum absolute atomic E-state index is 10.3. The summed E-state index contributed by atoms with van der Waals surface area (Å²) in [5.41, 5.74) is 0. The Labute approximate surface area is 89.4 Å². The summed E-state index contributed by atoms with van der Waals surface area (Å²) < 4.78 is 5.43. The van der Waals surface area contributed by atoms with Crippen LogP contribution in [0.25, 0.3) is 6.08 Å². The Bertz CT molecular complexity index is 336. The summed E-state index contributed by atoms with van der Waals surface area (Å²) >= 11 is 0. The summed E-state index contributed by atoms with van der Waals surface area (Å²) in [7, 11) is 0. The maximum Gasteiger partial charge on any atom is 0.328 e. The van der Waals surface area contributed by atoms with E-state index < -0.39 is 5.97 Å². The quantitative estimate of drug-likeness (QED) is 0.577. The van der Waals surface area contributed by atoms with Gasteiger partial charge in [0.2, 0.25) is 0 Å². The fourth-order valence-corrected chi connectivity index (χ4v) is 1.32. The third-order valence-electron chi connectivity index (χ3n) is 2.10. The maximum atomic E-state index is 10.3. The van der Waals surface area contributed by atoms with E-state index in [1.54, 1.807) is 6.07 Å². The minimum atomic E-state index is -0.959. The number of furan rings is 1. The van der Waals surface area contributed by atoms with Crippen LogP contribution in [0.2, 0.25) is 0 Å². The predicted molar refractivity (Wildman–Crippen MR) is 58.6 cm³/mol. The van der Waals surface area contributed by atoms with Crippen molar-refractivity contribution < 1.29 is 14.3 Å². The predicted octanol–water partition coefficient (Wildman–Crippen LogP) is 3.11. The van der Waals surface area contributed by atoms with Crippen molar-refractivity contribution in [3.8, 4) is 0 Å². The standard InChI is InChI=1S/C12H16O3/c1-2-3-4-5-10-6-7-11(15-10)8-9-12(13)14/h6-9H,2-5H2,1H3,(H,13,14). The molecule has 0 aliphatic heterocycles. The van der Waals surface area contributed by atoms with Crippen LogP contribution in [0.1, 0.15) is 37.7 Å². The first-order valence-electron chi connectivity index (χ1n) is 5.22. The van der Waals surface area contributed by atoms with Crippen LogP contribution in [0.3, 0.4) is 0 Å². The molecule has 0 atom stereocenters. The van der Waals surface area contributed by atoms with Gasteiger partial charge in [0.05, 0.1) is 0 Å². The minimum Gasteiger partial charge on any atom is -0.478 e. The molecule has 1 N–H and O–H groups in total. The van der Waals surface area contributed by atoms with Gasteiger partial charge in [-0.2, -0.15) is 0 Å². The largest absolute Gasteiger partial charge is 0.478 e. The number of carbonyl (C=O) groups is 1. The van der Waals surface area contributed by atoms with E-state index in [4.69, 9.17) is 9.52 Å². The van der Waals surface area contributed by atoms with Crippen molar-refractivity contribution in [2.24, 2.45) is 0 Å². The molecule has 1 aromatic rings. The Kier molecular flexibility index (Phi) is 4.68. The molecule has 0 aromatic carbocycles. The first-order valence-corrected chi connectivity index (χ1v) is 5.22. The SMILES string of the molecule is CCCCCc1ccc(C=CC(=O)O)o1. The Morgan fingerprint density at radius 1 is 1.47 bits per heavy atom. The summed E-state index contributed by atoms with van der Waals surface area (Å²) in [6.07, 6.45) is 6.97. The lowest BCUT2D eigenvalue weighted by Gasteiger charge is -1.94. The molecular weight excluding hydrogens is 192 g/mol. The molecule has 0 radical (unpaired) electrons. The molecule has 0 saturated carbocycles. The number of carboxylic acids is 1. The van der Waals surface area contributed by atoms with E-state index in [-0.39, 0.29) is 0 Å². The van der Waals surface area contributed by atoms with E-state index in [0.29, 0.717) is 5.76 Å². The highest BCUT2D eigenvalue weighted by Gasteiger charge is 1.99. The van der Waals surface area contributed by atoms with E-state index in [0.717, 1.165) is 24.7 Å². The molecule has 0 amide bonds. The van der Waals surface area contributed by atoms with Gasteiger partial charge in [0.15, 0.2) is 0 Å². The number of rotatable bonds is 6. The highest BCUT2D eigenvalue weighted by atomic mass is 16.4. The van der Waals surface area contributed by atoms with Crippen LogP contribution >= 0.6 is 0 Å².